The molecule has 1 amide bonds. The van der Waals surface area contributed by atoms with Gasteiger partial charge in [-0.25, -0.2) is 13.9 Å². The van der Waals surface area contributed by atoms with E-state index in [1.807, 2.05) is 24.3 Å². The number of hydroxylamine groups is 1. The van der Waals surface area contributed by atoms with Gasteiger partial charge in [-0.15, -0.1) is 12.4 Å². The monoisotopic (exact) mass is 539 g/mol. The molecule has 0 atom stereocenters. The van der Waals surface area contributed by atoms with E-state index in [4.69, 9.17) is 10.5 Å². The normalized spacial score (nSPS) is 10.9. The lowest BCUT2D eigenvalue weighted by Crippen LogP contribution is -2.22. The molecule has 0 aliphatic carbocycles. The maximum absolute atomic E-state index is 13.5. The Labute approximate surface area is 221 Å². The first-order valence-electron chi connectivity index (χ1n) is 11.0. The highest BCUT2D eigenvalue weighted by Crippen LogP contribution is 2.36. The Kier molecular flexibility index (Phi) is 8.54. The Hall–Kier alpha value is -3.92. The number of aromatic nitrogens is 1. The number of rotatable bonds is 7. The molecule has 0 aliphatic rings. The van der Waals surface area contributed by atoms with E-state index in [-0.39, 0.29) is 27.8 Å². The summed E-state index contributed by atoms with van der Waals surface area (Å²) in [6.45, 7) is 1.60. The number of benzene rings is 3. The van der Waals surface area contributed by atoms with Crippen molar-refractivity contribution in [1.29, 1.82) is 0 Å². The Balaban J connectivity index is 0.00000380. The number of nitrogens with zero attached hydrogens (tertiary/aromatic N) is 1. The van der Waals surface area contributed by atoms with Crippen LogP contribution in [0.5, 0.6) is 5.75 Å². The van der Waals surface area contributed by atoms with E-state index in [0.717, 1.165) is 11.1 Å². The van der Waals surface area contributed by atoms with Crippen LogP contribution in [0, 0.1) is 6.92 Å². The third kappa shape index (κ3) is 5.59. The maximum Gasteiger partial charge on any atom is 0.276 e. The van der Waals surface area contributed by atoms with Crippen LogP contribution in [0.25, 0.3) is 11.1 Å². The molecule has 0 bridgehead atoms. The van der Waals surface area contributed by atoms with Crippen LogP contribution in [0.3, 0.4) is 0 Å². The van der Waals surface area contributed by atoms with E-state index in [1.54, 1.807) is 36.9 Å². The van der Waals surface area contributed by atoms with Gasteiger partial charge in [0.1, 0.15) is 5.75 Å². The molecule has 3 aromatic carbocycles. The number of nitrogens with two attached hydrogens (primary N) is 1. The van der Waals surface area contributed by atoms with Crippen LogP contribution in [0.1, 0.15) is 27.0 Å². The summed E-state index contributed by atoms with van der Waals surface area (Å²) in [5.74, 6) is -0.451. The Morgan fingerprint density at radius 3 is 2.43 bits per heavy atom. The van der Waals surface area contributed by atoms with Crippen molar-refractivity contribution in [3.8, 4) is 16.9 Å². The number of amides is 1. The molecule has 0 saturated carbocycles. The third-order valence-electron chi connectivity index (χ3n) is 5.88. The van der Waals surface area contributed by atoms with Crippen molar-refractivity contribution in [2.75, 3.05) is 12.8 Å². The predicted molar refractivity (Wildman–Crippen MR) is 143 cm³/mol. The molecular weight excluding hydrogens is 514 g/mol. The molecule has 10 heteroatoms. The summed E-state index contributed by atoms with van der Waals surface area (Å²) >= 11 is 0. The first-order valence-corrected chi connectivity index (χ1v) is 12.5. The van der Waals surface area contributed by atoms with Crippen LogP contribution in [-0.2, 0) is 16.3 Å². The maximum atomic E-state index is 13.5. The van der Waals surface area contributed by atoms with Gasteiger partial charge in [0.25, 0.3) is 5.91 Å². The first-order chi connectivity index (χ1) is 17.3. The standard InChI is InChI=1S/C27H25N3O5S.ClH/c1-17-13-20(23-7-3-6-19(25(23)28)14-18-5-4-12-29-16-18)15-24(27(31)30-32)26(17)36(33,34)22-10-8-21(35-2)9-11-22;/h3-13,15-16,32H,14,28H2,1-2H3,(H,30,31);1H. The number of halogens is 1. The van der Waals surface area contributed by atoms with E-state index >= 15 is 0 Å². The van der Waals surface area contributed by atoms with Crippen LogP contribution >= 0.6 is 12.4 Å². The fourth-order valence-electron chi connectivity index (χ4n) is 4.13. The Bertz CT molecular complexity index is 1530. The molecular formula is C27H26ClN3O5S. The summed E-state index contributed by atoms with van der Waals surface area (Å²) in [6.07, 6.45) is 4.01. The number of nitrogens with one attached hydrogen (secondary N) is 1. The van der Waals surface area contributed by atoms with Gasteiger partial charge >= 0.3 is 0 Å². The molecule has 0 unspecified atom stereocenters. The number of ether oxygens (including phenoxy) is 1. The van der Waals surface area contributed by atoms with Gasteiger partial charge in [0, 0.05) is 30.1 Å². The quantitative estimate of drug-likeness (QED) is 0.177. The highest BCUT2D eigenvalue weighted by Gasteiger charge is 2.28. The molecule has 4 rings (SSSR count). The molecule has 1 aromatic heterocycles. The van der Waals surface area contributed by atoms with Gasteiger partial charge < -0.3 is 10.5 Å². The number of hydrogen-bond donors (Lipinski definition) is 3. The number of aryl methyl sites for hydroxylation is 1. The largest absolute Gasteiger partial charge is 0.497 e. The van der Waals surface area contributed by atoms with E-state index < -0.39 is 15.7 Å². The van der Waals surface area contributed by atoms with Crippen LogP contribution < -0.4 is 16.0 Å². The number of carbonyl (C=O) groups excluding carboxylic acids is 1. The molecule has 0 fully saturated rings. The van der Waals surface area contributed by atoms with E-state index in [0.29, 0.717) is 34.5 Å². The lowest BCUT2D eigenvalue weighted by molar-refractivity contribution is 0.0702. The van der Waals surface area contributed by atoms with Crippen LogP contribution in [-0.4, -0.2) is 31.6 Å². The molecule has 37 heavy (non-hydrogen) atoms. The van der Waals surface area contributed by atoms with Crippen molar-refractivity contribution in [2.24, 2.45) is 0 Å². The smallest absolute Gasteiger partial charge is 0.276 e. The summed E-state index contributed by atoms with van der Waals surface area (Å²) in [5.41, 5.74) is 11.8. The Morgan fingerprint density at radius 1 is 1.08 bits per heavy atom. The van der Waals surface area contributed by atoms with Crippen LogP contribution in [0.15, 0.2) is 88.9 Å². The first kappa shape index (κ1) is 27.7. The van der Waals surface area contributed by atoms with Crippen molar-refractivity contribution < 1.29 is 23.2 Å². The highest BCUT2D eigenvalue weighted by molar-refractivity contribution is 7.91. The number of hydrogen-bond acceptors (Lipinski definition) is 7. The second-order valence-corrected chi connectivity index (χ2v) is 10.1. The summed E-state index contributed by atoms with van der Waals surface area (Å²) in [5, 5.41) is 9.39. The van der Waals surface area contributed by atoms with E-state index in [1.165, 1.54) is 37.4 Å². The number of methoxy groups -OCH3 is 1. The molecule has 0 aliphatic heterocycles. The number of nitrogen functional groups attached to an aromatic ring is 1. The summed E-state index contributed by atoms with van der Waals surface area (Å²) in [7, 11) is -2.62. The number of anilines is 1. The van der Waals surface area contributed by atoms with Crippen molar-refractivity contribution in [3.63, 3.8) is 0 Å². The zero-order valence-electron chi connectivity index (χ0n) is 20.1. The van der Waals surface area contributed by atoms with Crippen molar-refractivity contribution in [1.82, 2.24) is 10.5 Å². The summed E-state index contributed by atoms with van der Waals surface area (Å²) in [4.78, 5) is 16.6. The van der Waals surface area contributed by atoms with Crippen LogP contribution in [0.2, 0.25) is 0 Å². The minimum Gasteiger partial charge on any atom is -0.497 e. The van der Waals surface area contributed by atoms with Crippen molar-refractivity contribution in [3.05, 3.63) is 101 Å². The van der Waals surface area contributed by atoms with Gasteiger partial charge in [-0.1, -0.05) is 30.3 Å². The predicted octanol–water partition coefficient (Wildman–Crippen LogP) is 4.61. The highest BCUT2D eigenvalue weighted by atomic mass is 35.5. The molecule has 0 saturated heterocycles. The van der Waals surface area contributed by atoms with Gasteiger partial charge in [0.2, 0.25) is 9.84 Å². The minimum absolute atomic E-state index is 0. The summed E-state index contributed by atoms with van der Waals surface area (Å²) < 4.78 is 32.2. The fraction of sp³-hybridized carbons (Fsp3) is 0.111. The number of sulfone groups is 1. The van der Waals surface area contributed by atoms with Gasteiger partial charge in [-0.3, -0.25) is 15.0 Å². The lowest BCUT2D eigenvalue weighted by atomic mass is 9.94. The van der Waals surface area contributed by atoms with E-state index in [9.17, 15) is 18.4 Å². The molecule has 4 N–H and O–H groups in total. The van der Waals surface area contributed by atoms with E-state index in [2.05, 4.69) is 4.98 Å². The zero-order valence-corrected chi connectivity index (χ0v) is 21.8. The van der Waals surface area contributed by atoms with Gasteiger partial charge in [0.15, 0.2) is 0 Å². The topological polar surface area (TPSA) is 132 Å². The Morgan fingerprint density at radius 2 is 1.81 bits per heavy atom. The molecule has 1 heterocycles. The summed E-state index contributed by atoms with van der Waals surface area (Å²) in [6, 6.07) is 18.3. The van der Waals surface area contributed by atoms with Crippen LogP contribution in [0.4, 0.5) is 5.69 Å². The minimum atomic E-state index is -4.10. The lowest BCUT2D eigenvalue weighted by Gasteiger charge is -2.17. The average molecular weight is 540 g/mol. The second kappa shape index (κ2) is 11.4. The molecule has 0 spiro atoms. The van der Waals surface area contributed by atoms with Gasteiger partial charge in [-0.2, -0.15) is 0 Å². The molecule has 8 nitrogen and oxygen atoms in total. The van der Waals surface area contributed by atoms with Crippen molar-refractivity contribution >= 4 is 33.8 Å². The molecule has 4 aromatic rings. The molecule has 0 radical (unpaired) electrons. The van der Waals surface area contributed by atoms with Gasteiger partial charge in [-0.05, 0) is 65.6 Å². The third-order valence-corrected chi connectivity index (χ3v) is 7.86. The second-order valence-electron chi connectivity index (χ2n) is 8.21. The number of carbonyl (C=O) groups is 1. The number of pyridine rings is 1. The fourth-order valence-corrected chi connectivity index (χ4v) is 5.78. The number of para-hydroxylation sites is 1. The van der Waals surface area contributed by atoms with Gasteiger partial charge in [0.05, 0.1) is 22.5 Å². The van der Waals surface area contributed by atoms with Crippen molar-refractivity contribution in [2.45, 2.75) is 23.1 Å². The zero-order chi connectivity index (χ0) is 25.9. The molecule has 192 valence electrons. The SMILES string of the molecule is COc1ccc(S(=O)(=O)c2c(C)cc(-c3cccc(Cc4cccnc4)c3N)cc2C(=O)NO)cc1.Cl. The average Bonchev–Trinajstić information content (AvgIpc) is 2.89.